The molecule has 0 aliphatic carbocycles. The molecule has 2 aromatic rings. The van der Waals surface area contributed by atoms with Crippen LogP contribution in [0.5, 0.6) is 0 Å². The van der Waals surface area contributed by atoms with Crippen molar-refractivity contribution < 1.29 is 0 Å². The second kappa shape index (κ2) is 8.18. The van der Waals surface area contributed by atoms with Crippen LogP contribution < -0.4 is 5.32 Å². The van der Waals surface area contributed by atoms with Gasteiger partial charge in [-0.25, -0.2) is 0 Å². The maximum atomic E-state index is 4.46. The monoisotopic (exact) mass is 332 g/mol. The molecule has 2 nitrogen and oxygen atoms in total. The lowest BCUT2D eigenvalue weighted by atomic mass is 9.93. The molecule has 1 N–H and O–H groups in total. The lowest BCUT2D eigenvalue weighted by Gasteiger charge is -2.17. The smallest absolute Gasteiger partial charge is 0.0413 e. The first-order chi connectivity index (χ1) is 9.79. The lowest BCUT2D eigenvalue weighted by molar-refractivity contribution is 0.558. The summed E-state index contributed by atoms with van der Waals surface area (Å²) in [6.45, 7) is 4.19. The Morgan fingerprint density at radius 2 is 1.95 bits per heavy atom. The van der Waals surface area contributed by atoms with Gasteiger partial charge in [0, 0.05) is 22.9 Å². The highest BCUT2D eigenvalue weighted by Crippen LogP contribution is 2.21. The molecule has 0 amide bonds. The molecule has 2 rings (SSSR count). The molecule has 106 valence electrons. The van der Waals surface area contributed by atoms with E-state index in [9.17, 15) is 0 Å². The summed E-state index contributed by atoms with van der Waals surface area (Å²) in [4.78, 5) is 4.46. The summed E-state index contributed by atoms with van der Waals surface area (Å²) in [6.07, 6.45) is 4.00. The zero-order chi connectivity index (χ0) is 14.2. The molecule has 0 spiro atoms. The van der Waals surface area contributed by atoms with E-state index < -0.39 is 0 Å². The van der Waals surface area contributed by atoms with Gasteiger partial charge in [0.25, 0.3) is 0 Å². The lowest BCUT2D eigenvalue weighted by Crippen LogP contribution is -2.21. The molecular weight excluding hydrogens is 312 g/mol. The summed E-state index contributed by atoms with van der Waals surface area (Å²) in [6, 6.07) is 14.9. The number of benzene rings is 1. The zero-order valence-corrected chi connectivity index (χ0v) is 13.4. The molecular formula is C17H21BrN2. The van der Waals surface area contributed by atoms with Crippen LogP contribution in [0, 0.1) is 0 Å². The van der Waals surface area contributed by atoms with Gasteiger partial charge < -0.3 is 5.32 Å². The molecule has 0 aliphatic heterocycles. The van der Waals surface area contributed by atoms with Crippen LogP contribution in [-0.4, -0.2) is 18.1 Å². The molecule has 1 aromatic carbocycles. The van der Waals surface area contributed by atoms with Gasteiger partial charge in [0.1, 0.15) is 0 Å². The van der Waals surface area contributed by atoms with Crippen molar-refractivity contribution in [1.29, 1.82) is 0 Å². The van der Waals surface area contributed by atoms with Gasteiger partial charge >= 0.3 is 0 Å². The molecule has 1 aromatic heterocycles. The standard InChI is InChI=1S/C17H21BrN2/c1-2-19-12-15(14-6-4-3-5-7-14)8-10-17-11-9-16(18)13-20-17/h3-7,9,11,13,15,19H,2,8,10,12H2,1H3. The van der Waals surface area contributed by atoms with Crippen molar-refractivity contribution in [1.82, 2.24) is 10.3 Å². The third-order valence-electron chi connectivity index (χ3n) is 3.45. The SMILES string of the molecule is CCNCC(CCc1ccc(Br)cn1)c1ccccc1. The predicted molar refractivity (Wildman–Crippen MR) is 88.0 cm³/mol. The summed E-state index contributed by atoms with van der Waals surface area (Å²) < 4.78 is 1.04. The van der Waals surface area contributed by atoms with Crippen LogP contribution in [0.15, 0.2) is 53.1 Å². The number of hydrogen-bond donors (Lipinski definition) is 1. The second-order valence-corrected chi connectivity index (χ2v) is 5.84. The van der Waals surface area contributed by atoms with Crippen LogP contribution in [-0.2, 0) is 6.42 Å². The Morgan fingerprint density at radius 3 is 2.60 bits per heavy atom. The van der Waals surface area contributed by atoms with Gasteiger partial charge in [-0.2, -0.15) is 0 Å². The van der Waals surface area contributed by atoms with Crippen molar-refractivity contribution in [3.05, 3.63) is 64.4 Å². The highest BCUT2D eigenvalue weighted by Gasteiger charge is 2.11. The molecule has 0 saturated carbocycles. The molecule has 1 atom stereocenters. The molecule has 3 heteroatoms. The van der Waals surface area contributed by atoms with Crippen molar-refractivity contribution in [2.45, 2.75) is 25.7 Å². The number of pyridine rings is 1. The van der Waals surface area contributed by atoms with Crippen LogP contribution in [0.3, 0.4) is 0 Å². The van der Waals surface area contributed by atoms with E-state index in [2.05, 4.69) is 75.6 Å². The van der Waals surface area contributed by atoms with Crippen molar-refractivity contribution >= 4 is 15.9 Å². The predicted octanol–water partition coefficient (Wildman–Crippen LogP) is 4.17. The minimum absolute atomic E-state index is 0.543. The van der Waals surface area contributed by atoms with Crippen molar-refractivity contribution in [3.8, 4) is 0 Å². The van der Waals surface area contributed by atoms with Crippen molar-refractivity contribution in [2.75, 3.05) is 13.1 Å². The van der Waals surface area contributed by atoms with Crippen LogP contribution in [0.25, 0.3) is 0 Å². The molecule has 0 saturated heterocycles. The first-order valence-corrected chi connectivity index (χ1v) is 7.95. The van der Waals surface area contributed by atoms with E-state index in [4.69, 9.17) is 0 Å². The van der Waals surface area contributed by atoms with E-state index in [1.165, 1.54) is 5.56 Å². The number of nitrogens with one attached hydrogen (secondary N) is 1. The highest BCUT2D eigenvalue weighted by molar-refractivity contribution is 9.10. The minimum atomic E-state index is 0.543. The average molecular weight is 333 g/mol. The van der Waals surface area contributed by atoms with Crippen LogP contribution in [0.1, 0.15) is 30.5 Å². The van der Waals surface area contributed by atoms with Gasteiger partial charge in [0.05, 0.1) is 0 Å². The minimum Gasteiger partial charge on any atom is -0.316 e. The Labute approximate surface area is 129 Å². The first kappa shape index (κ1) is 15.2. The molecule has 0 fully saturated rings. The molecule has 1 unspecified atom stereocenters. The van der Waals surface area contributed by atoms with E-state index in [-0.39, 0.29) is 0 Å². The van der Waals surface area contributed by atoms with E-state index in [1.807, 2.05) is 6.20 Å². The maximum Gasteiger partial charge on any atom is 0.0413 e. The zero-order valence-electron chi connectivity index (χ0n) is 11.8. The maximum absolute atomic E-state index is 4.46. The van der Waals surface area contributed by atoms with Crippen molar-refractivity contribution in [3.63, 3.8) is 0 Å². The summed E-state index contributed by atoms with van der Waals surface area (Å²) in [7, 11) is 0. The molecule has 0 aliphatic rings. The van der Waals surface area contributed by atoms with Gasteiger partial charge in [0.15, 0.2) is 0 Å². The third kappa shape index (κ3) is 4.73. The second-order valence-electron chi connectivity index (χ2n) is 4.92. The van der Waals surface area contributed by atoms with E-state index >= 15 is 0 Å². The quantitative estimate of drug-likeness (QED) is 0.823. The Hall–Kier alpha value is -1.19. The number of halogens is 1. The van der Waals surface area contributed by atoms with Gasteiger partial charge in [-0.1, -0.05) is 37.3 Å². The fraction of sp³-hybridized carbons (Fsp3) is 0.353. The largest absolute Gasteiger partial charge is 0.316 e. The molecule has 0 radical (unpaired) electrons. The number of hydrogen-bond acceptors (Lipinski definition) is 2. The van der Waals surface area contributed by atoms with Gasteiger partial charge in [-0.05, 0) is 58.9 Å². The number of aryl methyl sites for hydroxylation is 1. The summed E-state index contributed by atoms with van der Waals surface area (Å²) in [5, 5.41) is 3.46. The van der Waals surface area contributed by atoms with Crippen LogP contribution in [0.2, 0.25) is 0 Å². The van der Waals surface area contributed by atoms with E-state index in [0.717, 1.165) is 36.1 Å². The van der Waals surface area contributed by atoms with Gasteiger partial charge in [0.2, 0.25) is 0 Å². The van der Waals surface area contributed by atoms with Gasteiger partial charge in [-0.3, -0.25) is 4.98 Å². The van der Waals surface area contributed by atoms with E-state index in [1.54, 1.807) is 0 Å². The van der Waals surface area contributed by atoms with Crippen LogP contribution in [0.4, 0.5) is 0 Å². The number of likely N-dealkylation sites (N-methyl/N-ethyl adjacent to an activating group) is 1. The van der Waals surface area contributed by atoms with Crippen molar-refractivity contribution in [2.24, 2.45) is 0 Å². The average Bonchev–Trinajstić information content (AvgIpc) is 2.50. The Bertz CT molecular complexity index is 496. The van der Waals surface area contributed by atoms with E-state index in [0.29, 0.717) is 5.92 Å². The number of aromatic nitrogens is 1. The fourth-order valence-corrected chi connectivity index (χ4v) is 2.54. The summed E-state index contributed by atoms with van der Waals surface area (Å²) >= 11 is 3.42. The highest BCUT2D eigenvalue weighted by atomic mass is 79.9. The topological polar surface area (TPSA) is 24.9 Å². The Kier molecular flexibility index (Phi) is 6.22. The first-order valence-electron chi connectivity index (χ1n) is 7.15. The molecule has 20 heavy (non-hydrogen) atoms. The Morgan fingerprint density at radius 1 is 1.15 bits per heavy atom. The van der Waals surface area contributed by atoms with Crippen LogP contribution >= 0.6 is 15.9 Å². The van der Waals surface area contributed by atoms with Gasteiger partial charge in [-0.15, -0.1) is 0 Å². The third-order valence-corrected chi connectivity index (χ3v) is 3.92. The fourth-order valence-electron chi connectivity index (χ4n) is 2.31. The number of rotatable bonds is 7. The number of nitrogens with zero attached hydrogens (tertiary/aromatic N) is 1. The summed E-state index contributed by atoms with van der Waals surface area (Å²) in [5.74, 6) is 0.543. The Balaban J connectivity index is 1.99. The normalized spacial score (nSPS) is 12.3. The molecule has 0 bridgehead atoms. The molecule has 1 heterocycles. The summed E-state index contributed by atoms with van der Waals surface area (Å²) in [5.41, 5.74) is 2.57.